The Balaban J connectivity index is 0. The van der Waals surface area contributed by atoms with Gasteiger partial charge >= 0.3 is 8.25 Å². The van der Waals surface area contributed by atoms with Crippen LogP contribution in [0.3, 0.4) is 0 Å². The minimum atomic E-state index is -2.36. The second kappa shape index (κ2) is 8.07. The molecule has 0 heterocycles. The van der Waals surface area contributed by atoms with E-state index in [1.807, 2.05) is 6.92 Å². The van der Waals surface area contributed by atoms with Gasteiger partial charge in [0.25, 0.3) is 0 Å². The van der Waals surface area contributed by atoms with Crippen molar-refractivity contribution in [3.05, 3.63) is 0 Å². The summed E-state index contributed by atoms with van der Waals surface area (Å²) < 4.78 is 18.6. The number of nitrogens with two attached hydrogens (primary N) is 1. The highest BCUT2D eigenvalue weighted by Gasteiger charge is 1.91. The van der Waals surface area contributed by atoms with Gasteiger partial charge in [0.2, 0.25) is 0 Å². The van der Waals surface area contributed by atoms with E-state index in [2.05, 4.69) is 15.0 Å². The Labute approximate surface area is 55.0 Å². The molecule has 0 saturated carbocycles. The summed E-state index contributed by atoms with van der Waals surface area (Å²) in [6.45, 7) is 2.35. The third-order valence-corrected chi connectivity index (χ3v) is 1.15. The molecular formula is C3H13N2O3P. The minimum absolute atomic E-state index is 0. The monoisotopic (exact) mass is 156 g/mol. The van der Waals surface area contributed by atoms with Crippen molar-refractivity contribution in [3.8, 4) is 0 Å². The predicted octanol–water partition coefficient (Wildman–Crippen LogP) is 0.855. The first-order chi connectivity index (χ1) is 3.81. The first-order valence-electron chi connectivity index (χ1n) is 2.34. The van der Waals surface area contributed by atoms with E-state index in [-0.39, 0.29) is 6.15 Å². The molecule has 0 fully saturated rings. The highest BCUT2D eigenvalue weighted by molar-refractivity contribution is 7.33. The first kappa shape index (κ1) is 11.8. The van der Waals surface area contributed by atoms with Gasteiger partial charge in [0.15, 0.2) is 0 Å². The maximum absolute atomic E-state index is 10.2. The zero-order valence-electron chi connectivity index (χ0n) is 5.42. The lowest BCUT2D eigenvalue weighted by Gasteiger charge is -1.96. The van der Waals surface area contributed by atoms with Crippen molar-refractivity contribution < 1.29 is 13.7 Å². The molecule has 0 aliphatic rings. The molecule has 5 nitrogen and oxygen atoms in total. The first-order valence-corrected chi connectivity index (χ1v) is 3.57. The number of hydrogen-bond donors (Lipinski definition) is 2. The van der Waals surface area contributed by atoms with Gasteiger partial charge in [0.1, 0.15) is 0 Å². The van der Waals surface area contributed by atoms with E-state index < -0.39 is 8.25 Å². The van der Waals surface area contributed by atoms with Crippen LogP contribution in [0.1, 0.15) is 13.3 Å². The van der Waals surface area contributed by atoms with Crippen molar-refractivity contribution in [2.45, 2.75) is 13.3 Å². The Bertz CT molecular complexity index is 79.5. The van der Waals surface area contributed by atoms with E-state index >= 15 is 0 Å². The van der Waals surface area contributed by atoms with Gasteiger partial charge < -0.3 is 10.7 Å². The van der Waals surface area contributed by atoms with Crippen LogP contribution in [-0.4, -0.2) is 6.61 Å². The SMILES string of the molecule is CCCO[PH](=O)ON.N. The van der Waals surface area contributed by atoms with Crippen LogP contribution in [0.2, 0.25) is 0 Å². The Morgan fingerprint density at radius 3 is 2.56 bits per heavy atom. The Hall–Kier alpha value is 0.0700. The van der Waals surface area contributed by atoms with Crippen LogP contribution in [0.5, 0.6) is 0 Å². The molecule has 0 spiro atoms. The van der Waals surface area contributed by atoms with Gasteiger partial charge in [-0.15, -0.1) is 0 Å². The standard InChI is InChI=1S/C3H10NO3P.H3N/c1-2-3-6-8(5)7-4;/h8H,2-4H2,1H3;1H3. The lowest BCUT2D eigenvalue weighted by Crippen LogP contribution is -1.91. The van der Waals surface area contributed by atoms with Gasteiger partial charge in [0.05, 0.1) is 6.61 Å². The van der Waals surface area contributed by atoms with Crippen LogP contribution in [-0.2, 0) is 13.7 Å². The minimum Gasteiger partial charge on any atom is -0.344 e. The molecule has 0 aromatic carbocycles. The highest BCUT2D eigenvalue weighted by Crippen LogP contribution is 2.19. The third kappa shape index (κ3) is 8.07. The van der Waals surface area contributed by atoms with Crippen molar-refractivity contribution in [2.75, 3.05) is 6.61 Å². The number of hydrogen-bond acceptors (Lipinski definition) is 5. The van der Waals surface area contributed by atoms with E-state index in [1.54, 1.807) is 0 Å². The maximum Gasteiger partial charge on any atom is 0.335 e. The molecule has 1 unspecified atom stereocenters. The lowest BCUT2D eigenvalue weighted by atomic mass is 10.5. The lowest BCUT2D eigenvalue weighted by molar-refractivity contribution is 0.230. The summed E-state index contributed by atoms with van der Waals surface area (Å²) in [4.78, 5) is 0. The quantitative estimate of drug-likeness (QED) is 0.464. The number of rotatable bonds is 4. The molecule has 6 heteroatoms. The average Bonchev–Trinajstić information content (AvgIpc) is 1.83. The van der Waals surface area contributed by atoms with E-state index in [0.29, 0.717) is 6.61 Å². The molecule has 9 heavy (non-hydrogen) atoms. The fraction of sp³-hybridized carbons (Fsp3) is 1.00. The van der Waals surface area contributed by atoms with Crippen molar-refractivity contribution in [1.82, 2.24) is 6.15 Å². The smallest absolute Gasteiger partial charge is 0.335 e. The van der Waals surface area contributed by atoms with Gasteiger partial charge in [-0.05, 0) is 6.42 Å². The van der Waals surface area contributed by atoms with E-state index in [0.717, 1.165) is 6.42 Å². The van der Waals surface area contributed by atoms with Crippen LogP contribution in [0, 0.1) is 0 Å². The highest BCUT2D eigenvalue weighted by atomic mass is 31.1. The molecule has 0 radical (unpaired) electrons. The zero-order chi connectivity index (χ0) is 6.41. The molecule has 0 saturated heterocycles. The third-order valence-electron chi connectivity index (χ3n) is 0.520. The second-order valence-corrected chi connectivity index (χ2v) is 2.24. The van der Waals surface area contributed by atoms with Crippen LogP contribution in [0.4, 0.5) is 0 Å². The molecule has 0 aromatic rings. The van der Waals surface area contributed by atoms with E-state index in [1.165, 1.54) is 0 Å². The second-order valence-electron chi connectivity index (χ2n) is 1.22. The Morgan fingerprint density at radius 2 is 2.22 bits per heavy atom. The van der Waals surface area contributed by atoms with Gasteiger partial charge in [-0.3, -0.25) is 4.57 Å². The van der Waals surface area contributed by atoms with Crippen LogP contribution < -0.4 is 12.0 Å². The van der Waals surface area contributed by atoms with E-state index in [9.17, 15) is 4.57 Å². The molecule has 0 aliphatic carbocycles. The maximum atomic E-state index is 10.2. The molecule has 0 aromatic heterocycles. The summed E-state index contributed by atoms with van der Waals surface area (Å²) in [5.41, 5.74) is 0. The molecule has 0 aliphatic heterocycles. The van der Waals surface area contributed by atoms with Crippen molar-refractivity contribution in [2.24, 2.45) is 5.90 Å². The topological polar surface area (TPSA) is 96.5 Å². The van der Waals surface area contributed by atoms with Gasteiger partial charge in [-0.1, -0.05) is 6.92 Å². The van der Waals surface area contributed by atoms with Crippen molar-refractivity contribution in [3.63, 3.8) is 0 Å². The van der Waals surface area contributed by atoms with Crippen LogP contribution in [0.25, 0.3) is 0 Å². The largest absolute Gasteiger partial charge is 0.344 e. The van der Waals surface area contributed by atoms with Gasteiger partial charge in [-0.2, -0.15) is 0 Å². The Kier molecular flexibility index (Phi) is 10.6. The molecule has 1 atom stereocenters. The summed E-state index contributed by atoms with van der Waals surface area (Å²) in [6.07, 6.45) is 0.819. The summed E-state index contributed by atoms with van der Waals surface area (Å²) in [6, 6.07) is 0. The van der Waals surface area contributed by atoms with Crippen molar-refractivity contribution >= 4 is 8.25 Å². The van der Waals surface area contributed by atoms with Crippen LogP contribution in [0.15, 0.2) is 0 Å². The van der Waals surface area contributed by atoms with Crippen molar-refractivity contribution in [1.29, 1.82) is 0 Å². The predicted molar refractivity (Wildman–Crippen MR) is 35.5 cm³/mol. The van der Waals surface area contributed by atoms with E-state index in [4.69, 9.17) is 0 Å². The molecular weight excluding hydrogens is 143 g/mol. The fourth-order valence-electron chi connectivity index (χ4n) is 0.219. The van der Waals surface area contributed by atoms with Gasteiger partial charge in [0, 0.05) is 0 Å². The Morgan fingerprint density at radius 1 is 1.67 bits per heavy atom. The molecule has 0 amide bonds. The summed E-state index contributed by atoms with van der Waals surface area (Å²) in [7, 11) is -2.36. The molecule has 5 N–H and O–H groups in total. The summed E-state index contributed by atoms with van der Waals surface area (Å²) >= 11 is 0. The fourth-order valence-corrected chi connectivity index (χ4v) is 0.658. The molecule has 58 valence electrons. The average molecular weight is 156 g/mol. The normalized spacial score (nSPS) is 12.2. The summed E-state index contributed by atoms with van der Waals surface area (Å²) in [5.74, 6) is 4.52. The molecule has 0 bridgehead atoms. The molecule has 0 rings (SSSR count). The van der Waals surface area contributed by atoms with Crippen LogP contribution >= 0.6 is 8.25 Å². The zero-order valence-corrected chi connectivity index (χ0v) is 6.42. The summed E-state index contributed by atoms with van der Waals surface area (Å²) in [5, 5.41) is 0. The van der Waals surface area contributed by atoms with Gasteiger partial charge in [-0.25, -0.2) is 10.5 Å².